The van der Waals surface area contributed by atoms with Gasteiger partial charge < -0.3 is 19.3 Å². The lowest BCUT2D eigenvalue weighted by molar-refractivity contribution is 0.193. The summed E-state index contributed by atoms with van der Waals surface area (Å²) in [6.07, 6.45) is -0.737. The number of benzene rings is 1. The normalized spacial score (nSPS) is 12.1. The molecule has 0 aliphatic carbocycles. The lowest BCUT2D eigenvalue weighted by atomic mass is 10.1. The molecular formula is C11H16O4S. The highest BCUT2D eigenvalue weighted by atomic mass is 32.1. The quantitative estimate of drug-likeness (QED) is 0.774. The first-order valence-corrected chi connectivity index (χ1v) is 5.40. The molecule has 0 saturated carbocycles. The molecule has 0 aromatic heterocycles. The van der Waals surface area contributed by atoms with E-state index in [2.05, 4.69) is 12.6 Å². The zero-order chi connectivity index (χ0) is 12.1. The largest absolute Gasteiger partial charge is 0.496 e. The lowest BCUT2D eigenvalue weighted by Gasteiger charge is -2.17. The van der Waals surface area contributed by atoms with Crippen molar-refractivity contribution in [3.63, 3.8) is 0 Å². The van der Waals surface area contributed by atoms with E-state index in [-0.39, 0.29) is 0 Å². The topological polar surface area (TPSA) is 47.9 Å². The summed E-state index contributed by atoms with van der Waals surface area (Å²) in [5, 5.41) is 9.84. The number of aliphatic hydroxyl groups excluding tert-OH is 1. The first-order chi connectivity index (χ1) is 7.67. The van der Waals surface area contributed by atoms with Gasteiger partial charge >= 0.3 is 0 Å². The minimum absolute atomic E-state index is 0.291. The van der Waals surface area contributed by atoms with Crippen molar-refractivity contribution in [3.8, 4) is 17.2 Å². The highest BCUT2D eigenvalue weighted by Crippen LogP contribution is 2.38. The second-order valence-electron chi connectivity index (χ2n) is 3.14. The van der Waals surface area contributed by atoms with Crippen molar-refractivity contribution in [2.45, 2.75) is 6.10 Å². The van der Waals surface area contributed by atoms with Crippen molar-refractivity contribution in [1.29, 1.82) is 0 Å². The van der Waals surface area contributed by atoms with E-state index >= 15 is 0 Å². The Kier molecular flexibility index (Phi) is 4.76. The molecule has 0 amide bonds. The van der Waals surface area contributed by atoms with Gasteiger partial charge in [0.2, 0.25) is 0 Å². The monoisotopic (exact) mass is 244 g/mol. The Morgan fingerprint density at radius 3 is 1.94 bits per heavy atom. The Balaban J connectivity index is 3.31. The third-order valence-corrected chi connectivity index (χ3v) is 2.61. The summed E-state index contributed by atoms with van der Waals surface area (Å²) in [4.78, 5) is 0. The molecule has 1 atom stereocenters. The van der Waals surface area contributed by atoms with Crippen molar-refractivity contribution in [2.24, 2.45) is 0 Å². The predicted octanol–water partition coefficient (Wildman–Crippen LogP) is 1.68. The number of ether oxygens (including phenoxy) is 3. The first kappa shape index (κ1) is 13.0. The summed E-state index contributed by atoms with van der Waals surface area (Å²) < 4.78 is 15.5. The standard InChI is InChI=1S/C11H16O4S/c1-13-7-4-9(14-2)11(8(12)6-16)10(5-7)15-3/h4-5,8,12,16H,6H2,1-3H3. The zero-order valence-electron chi connectivity index (χ0n) is 9.56. The van der Waals surface area contributed by atoms with Crippen molar-refractivity contribution >= 4 is 12.6 Å². The van der Waals surface area contributed by atoms with Crippen molar-refractivity contribution in [3.05, 3.63) is 17.7 Å². The molecule has 0 heterocycles. The number of methoxy groups -OCH3 is 3. The summed E-state index contributed by atoms with van der Waals surface area (Å²) in [6.45, 7) is 0. The average molecular weight is 244 g/mol. The van der Waals surface area contributed by atoms with Crippen LogP contribution in [0.5, 0.6) is 17.2 Å². The molecule has 1 unspecified atom stereocenters. The minimum Gasteiger partial charge on any atom is -0.496 e. The molecule has 1 aromatic rings. The van der Waals surface area contributed by atoms with E-state index in [9.17, 15) is 5.11 Å². The van der Waals surface area contributed by atoms with Crippen LogP contribution in [-0.2, 0) is 0 Å². The Labute approximate surface area is 101 Å². The molecule has 4 nitrogen and oxygen atoms in total. The fraction of sp³-hybridized carbons (Fsp3) is 0.455. The maximum atomic E-state index is 9.84. The SMILES string of the molecule is COc1cc(OC)c(C(O)CS)c(OC)c1. The van der Waals surface area contributed by atoms with Gasteiger partial charge in [-0.15, -0.1) is 0 Å². The van der Waals surface area contributed by atoms with Crippen molar-refractivity contribution in [1.82, 2.24) is 0 Å². The summed E-state index contributed by atoms with van der Waals surface area (Å²) in [6, 6.07) is 3.40. The zero-order valence-corrected chi connectivity index (χ0v) is 10.5. The van der Waals surface area contributed by atoms with Crippen molar-refractivity contribution < 1.29 is 19.3 Å². The van der Waals surface area contributed by atoms with E-state index in [0.29, 0.717) is 28.6 Å². The van der Waals surface area contributed by atoms with Crippen LogP contribution in [0.1, 0.15) is 11.7 Å². The molecule has 0 aliphatic rings. The molecule has 0 spiro atoms. The van der Waals surface area contributed by atoms with Crippen LogP contribution < -0.4 is 14.2 Å². The fourth-order valence-electron chi connectivity index (χ4n) is 1.45. The molecular weight excluding hydrogens is 228 g/mol. The van der Waals surface area contributed by atoms with Crippen LogP contribution in [0.3, 0.4) is 0 Å². The van der Waals surface area contributed by atoms with Gasteiger partial charge in [-0.05, 0) is 0 Å². The van der Waals surface area contributed by atoms with Crippen LogP contribution in [0, 0.1) is 0 Å². The smallest absolute Gasteiger partial charge is 0.132 e. The van der Waals surface area contributed by atoms with Crippen LogP contribution in [0.4, 0.5) is 0 Å². The third kappa shape index (κ3) is 2.54. The van der Waals surface area contributed by atoms with E-state index in [0.717, 1.165) is 0 Å². The van der Waals surface area contributed by atoms with Crippen molar-refractivity contribution in [2.75, 3.05) is 27.1 Å². The van der Waals surface area contributed by atoms with Crippen LogP contribution in [-0.4, -0.2) is 32.2 Å². The van der Waals surface area contributed by atoms with E-state index in [1.807, 2.05) is 0 Å². The summed E-state index contributed by atoms with van der Waals surface area (Å²) >= 11 is 4.06. The molecule has 0 fully saturated rings. The molecule has 90 valence electrons. The average Bonchev–Trinajstić information content (AvgIpc) is 2.35. The van der Waals surface area contributed by atoms with Gasteiger partial charge in [-0.1, -0.05) is 0 Å². The first-order valence-electron chi connectivity index (χ1n) is 4.76. The molecule has 0 bridgehead atoms. The van der Waals surface area contributed by atoms with Gasteiger partial charge in [0.25, 0.3) is 0 Å². The van der Waals surface area contributed by atoms with Gasteiger partial charge in [0, 0.05) is 17.9 Å². The number of aliphatic hydroxyl groups is 1. The summed E-state index contributed by atoms with van der Waals surface area (Å²) in [7, 11) is 4.62. The maximum Gasteiger partial charge on any atom is 0.132 e. The van der Waals surface area contributed by atoms with Gasteiger partial charge in [0.15, 0.2) is 0 Å². The summed E-state index contributed by atoms with van der Waals surface area (Å²) in [5.74, 6) is 1.96. The number of thiol groups is 1. The Morgan fingerprint density at radius 2 is 1.62 bits per heavy atom. The lowest BCUT2D eigenvalue weighted by Crippen LogP contribution is -2.05. The molecule has 0 aliphatic heterocycles. The van der Waals surface area contributed by atoms with E-state index < -0.39 is 6.10 Å². The molecule has 1 N–H and O–H groups in total. The molecule has 1 aromatic carbocycles. The molecule has 0 saturated heterocycles. The highest BCUT2D eigenvalue weighted by Gasteiger charge is 2.19. The van der Waals surface area contributed by atoms with Gasteiger partial charge in [-0.25, -0.2) is 0 Å². The summed E-state index contributed by atoms with van der Waals surface area (Å²) in [5.41, 5.74) is 0.584. The van der Waals surface area contributed by atoms with Gasteiger partial charge in [-0.2, -0.15) is 12.6 Å². The Morgan fingerprint density at radius 1 is 1.12 bits per heavy atom. The van der Waals surface area contributed by atoms with Crippen LogP contribution in [0.15, 0.2) is 12.1 Å². The van der Waals surface area contributed by atoms with Gasteiger partial charge in [-0.3, -0.25) is 0 Å². The molecule has 16 heavy (non-hydrogen) atoms. The molecule has 0 radical (unpaired) electrons. The Hall–Kier alpha value is -1.07. The van der Waals surface area contributed by atoms with E-state index in [1.54, 1.807) is 19.2 Å². The second-order valence-corrected chi connectivity index (χ2v) is 3.51. The van der Waals surface area contributed by atoms with Gasteiger partial charge in [0.05, 0.1) is 33.0 Å². The second kappa shape index (κ2) is 5.86. The van der Waals surface area contributed by atoms with E-state index in [1.165, 1.54) is 14.2 Å². The number of hydrogen-bond donors (Lipinski definition) is 2. The minimum atomic E-state index is -0.737. The Bertz CT molecular complexity index is 329. The maximum absolute atomic E-state index is 9.84. The highest BCUT2D eigenvalue weighted by molar-refractivity contribution is 7.80. The third-order valence-electron chi connectivity index (χ3n) is 2.26. The number of hydrogen-bond acceptors (Lipinski definition) is 5. The van der Waals surface area contributed by atoms with Crippen LogP contribution in [0.2, 0.25) is 0 Å². The molecule has 5 heteroatoms. The van der Waals surface area contributed by atoms with Crippen LogP contribution in [0.25, 0.3) is 0 Å². The number of rotatable bonds is 5. The van der Waals surface area contributed by atoms with E-state index in [4.69, 9.17) is 14.2 Å². The van der Waals surface area contributed by atoms with Gasteiger partial charge in [0.1, 0.15) is 17.2 Å². The molecule has 1 rings (SSSR count). The predicted molar refractivity (Wildman–Crippen MR) is 64.9 cm³/mol. The fourth-order valence-corrected chi connectivity index (χ4v) is 1.63. The van der Waals surface area contributed by atoms with Crippen LogP contribution >= 0.6 is 12.6 Å².